The predicted octanol–water partition coefficient (Wildman–Crippen LogP) is 6.98. The van der Waals surface area contributed by atoms with Crippen molar-refractivity contribution in [1.29, 1.82) is 0 Å². The van der Waals surface area contributed by atoms with Gasteiger partial charge in [0.1, 0.15) is 11.9 Å². The maximum atomic E-state index is 13.7. The highest BCUT2D eigenvalue weighted by Crippen LogP contribution is 2.54. The molecule has 1 unspecified atom stereocenters. The molecule has 0 spiro atoms. The number of benzene rings is 1. The van der Waals surface area contributed by atoms with Crippen LogP contribution in [0.15, 0.2) is 54.1 Å². The summed E-state index contributed by atoms with van der Waals surface area (Å²) >= 11 is 0. The summed E-state index contributed by atoms with van der Waals surface area (Å²) in [6, 6.07) is 6.90. The number of hydrogen-bond acceptors (Lipinski definition) is 2. The topological polar surface area (TPSA) is 26.3 Å². The number of halogens is 1. The molecule has 3 aliphatic carbocycles. The van der Waals surface area contributed by atoms with Gasteiger partial charge in [0.05, 0.1) is 5.92 Å². The van der Waals surface area contributed by atoms with Gasteiger partial charge in [0, 0.05) is 5.92 Å². The van der Waals surface area contributed by atoms with E-state index < -0.39 is 0 Å². The first-order valence-corrected chi connectivity index (χ1v) is 12.5. The minimum absolute atomic E-state index is 0.0150. The van der Waals surface area contributed by atoms with Crippen LogP contribution in [0, 0.1) is 47.2 Å². The standard InChI is InChI=1S/C29H35FO2/c1-17-7-10-25-22(13-17)16-27-28(19(3)32-29(27)31)26(25)12-9-20-8-11-24(18(2)14-20)21-5-4-6-23(30)15-21/h4-6,8-9,11-12,15,17-19,22,25-28H,7,10,13-14,16H2,1-3H3/b12-9+/t17-,18?,19+,22+,25-,26-,27+,28-/m0/s1. The molecule has 170 valence electrons. The van der Waals surface area contributed by atoms with Crippen molar-refractivity contribution in [2.45, 2.75) is 59.0 Å². The van der Waals surface area contributed by atoms with Crippen LogP contribution in [0.1, 0.15) is 58.4 Å². The third kappa shape index (κ3) is 4.00. The van der Waals surface area contributed by atoms with Gasteiger partial charge < -0.3 is 4.74 Å². The summed E-state index contributed by atoms with van der Waals surface area (Å²) in [5, 5.41) is 0. The van der Waals surface area contributed by atoms with Gasteiger partial charge in [-0.3, -0.25) is 4.79 Å². The highest BCUT2D eigenvalue weighted by Gasteiger charge is 2.54. The molecule has 1 saturated heterocycles. The lowest BCUT2D eigenvalue weighted by Crippen LogP contribution is -2.43. The molecular formula is C29H35FO2. The molecule has 0 N–H and O–H groups in total. The third-order valence-electron chi connectivity index (χ3n) is 8.65. The highest BCUT2D eigenvalue weighted by molar-refractivity contribution is 5.75. The summed E-state index contributed by atoms with van der Waals surface area (Å²) in [7, 11) is 0. The Balaban J connectivity index is 1.40. The van der Waals surface area contributed by atoms with Crippen LogP contribution in [0.2, 0.25) is 0 Å². The maximum Gasteiger partial charge on any atom is 0.309 e. The third-order valence-corrected chi connectivity index (χ3v) is 8.65. The molecule has 1 heterocycles. The molecule has 2 nitrogen and oxygen atoms in total. The van der Waals surface area contributed by atoms with Crippen molar-refractivity contribution < 1.29 is 13.9 Å². The molecule has 32 heavy (non-hydrogen) atoms. The number of rotatable bonds is 3. The van der Waals surface area contributed by atoms with Gasteiger partial charge in [0.15, 0.2) is 0 Å². The summed E-state index contributed by atoms with van der Waals surface area (Å²) in [6.45, 7) is 6.67. The molecule has 8 atom stereocenters. The Labute approximate surface area is 191 Å². The van der Waals surface area contributed by atoms with Crippen LogP contribution in [0.25, 0.3) is 5.57 Å². The second-order valence-corrected chi connectivity index (χ2v) is 10.8. The molecule has 2 saturated carbocycles. The molecule has 0 aromatic heterocycles. The zero-order chi connectivity index (χ0) is 22.4. The van der Waals surface area contributed by atoms with Crippen LogP contribution in [-0.2, 0) is 9.53 Å². The largest absolute Gasteiger partial charge is 0.462 e. The van der Waals surface area contributed by atoms with E-state index in [1.54, 1.807) is 12.1 Å². The molecule has 0 radical (unpaired) electrons. The number of esters is 1. The second-order valence-electron chi connectivity index (χ2n) is 10.8. The monoisotopic (exact) mass is 434 g/mol. The van der Waals surface area contributed by atoms with E-state index in [2.05, 4.69) is 45.1 Å². The van der Waals surface area contributed by atoms with Gasteiger partial charge in [-0.1, -0.05) is 56.7 Å². The first kappa shape index (κ1) is 21.7. The number of ether oxygens (including phenoxy) is 1. The maximum absolute atomic E-state index is 13.7. The molecule has 0 bridgehead atoms. The average molecular weight is 435 g/mol. The van der Waals surface area contributed by atoms with Gasteiger partial charge in [-0.15, -0.1) is 0 Å². The van der Waals surface area contributed by atoms with Gasteiger partial charge in [-0.25, -0.2) is 4.39 Å². The predicted molar refractivity (Wildman–Crippen MR) is 126 cm³/mol. The number of carbonyl (C=O) groups excluding carboxylic acids is 1. The first-order chi connectivity index (χ1) is 15.4. The second kappa shape index (κ2) is 8.65. The van der Waals surface area contributed by atoms with Crippen LogP contribution in [0.4, 0.5) is 4.39 Å². The van der Waals surface area contributed by atoms with Crippen LogP contribution >= 0.6 is 0 Å². The zero-order valence-electron chi connectivity index (χ0n) is 19.5. The number of carbonyl (C=O) groups is 1. The van der Waals surface area contributed by atoms with Crippen LogP contribution in [0.3, 0.4) is 0 Å². The van der Waals surface area contributed by atoms with E-state index >= 15 is 0 Å². The summed E-state index contributed by atoms with van der Waals surface area (Å²) < 4.78 is 19.4. The lowest BCUT2D eigenvalue weighted by molar-refractivity contribution is -0.144. The molecule has 1 aromatic carbocycles. The lowest BCUT2D eigenvalue weighted by Gasteiger charge is -2.47. The van der Waals surface area contributed by atoms with Gasteiger partial charge in [-0.2, -0.15) is 0 Å². The van der Waals surface area contributed by atoms with E-state index in [4.69, 9.17) is 4.74 Å². The van der Waals surface area contributed by atoms with Gasteiger partial charge >= 0.3 is 5.97 Å². The van der Waals surface area contributed by atoms with E-state index in [9.17, 15) is 9.18 Å². The van der Waals surface area contributed by atoms with Crippen molar-refractivity contribution in [3.05, 3.63) is 65.5 Å². The van der Waals surface area contributed by atoms with Crippen molar-refractivity contribution >= 4 is 11.5 Å². The van der Waals surface area contributed by atoms with Crippen molar-refractivity contribution in [3.8, 4) is 0 Å². The quantitative estimate of drug-likeness (QED) is 0.480. The Kier molecular flexibility index (Phi) is 5.86. The van der Waals surface area contributed by atoms with Crippen LogP contribution in [0.5, 0.6) is 0 Å². The van der Waals surface area contributed by atoms with Gasteiger partial charge in [-0.05, 0) is 91.0 Å². The number of allylic oxidation sites excluding steroid dienone is 6. The van der Waals surface area contributed by atoms with Gasteiger partial charge in [0.2, 0.25) is 0 Å². The molecule has 5 rings (SSSR count). The molecule has 0 amide bonds. The number of hydrogen-bond donors (Lipinski definition) is 0. The van der Waals surface area contributed by atoms with Crippen molar-refractivity contribution in [2.75, 3.05) is 0 Å². The fraction of sp³-hybridized carbons (Fsp3) is 0.552. The summed E-state index contributed by atoms with van der Waals surface area (Å²) in [5.74, 6) is 3.07. The molecule has 3 fully saturated rings. The Hall–Kier alpha value is -2.16. The smallest absolute Gasteiger partial charge is 0.309 e. The van der Waals surface area contributed by atoms with Crippen molar-refractivity contribution in [3.63, 3.8) is 0 Å². The summed E-state index contributed by atoms with van der Waals surface area (Å²) in [6.07, 6.45) is 14.9. The van der Waals surface area contributed by atoms with Crippen LogP contribution in [-0.4, -0.2) is 12.1 Å². The fourth-order valence-electron chi connectivity index (χ4n) is 7.15. The molecular weight excluding hydrogens is 399 g/mol. The minimum Gasteiger partial charge on any atom is -0.462 e. The molecule has 3 heteroatoms. The summed E-state index contributed by atoms with van der Waals surface area (Å²) in [4.78, 5) is 12.6. The van der Waals surface area contributed by atoms with E-state index in [1.807, 2.05) is 6.07 Å². The van der Waals surface area contributed by atoms with E-state index in [0.29, 0.717) is 29.6 Å². The normalized spacial score (nSPS) is 39.2. The molecule has 4 aliphatic rings. The van der Waals surface area contributed by atoms with E-state index in [1.165, 1.54) is 36.5 Å². The van der Waals surface area contributed by atoms with Crippen LogP contribution < -0.4 is 0 Å². The zero-order valence-corrected chi connectivity index (χ0v) is 19.5. The molecule has 1 aliphatic heterocycles. The Bertz CT molecular complexity index is 973. The first-order valence-electron chi connectivity index (χ1n) is 12.5. The summed E-state index contributed by atoms with van der Waals surface area (Å²) in [5.41, 5.74) is 3.49. The SMILES string of the molecule is CC1CC(/C=C/[C@H]2[C@H]3CC[C@H](C)C[C@@H]3C[C@H]3C(=O)O[C@H](C)[C@@H]23)=CC=C1c1cccc(F)c1. The Morgan fingerprint density at radius 2 is 1.94 bits per heavy atom. The Morgan fingerprint density at radius 3 is 2.72 bits per heavy atom. The van der Waals surface area contributed by atoms with Crippen molar-refractivity contribution in [1.82, 2.24) is 0 Å². The molecule has 1 aromatic rings. The lowest BCUT2D eigenvalue weighted by atomic mass is 9.56. The number of cyclic esters (lactones) is 1. The van der Waals surface area contributed by atoms with Gasteiger partial charge in [0.25, 0.3) is 0 Å². The van der Waals surface area contributed by atoms with E-state index in [0.717, 1.165) is 24.3 Å². The number of fused-ring (bicyclic) bond motifs is 2. The van der Waals surface area contributed by atoms with Crippen molar-refractivity contribution in [2.24, 2.45) is 41.4 Å². The van der Waals surface area contributed by atoms with E-state index in [-0.39, 0.29) is 23.8 Å². The minimum atomic E-state index is -0.184. The highest BCUT2D eigenvalue weighted by atomic mass is 19.1. The Morgan fingerprint density at radius 1 is 1.09 bits per heavy atom. The fourth-order valence-corrected chi connectivity index (χ4v) is 7.15. The average Bonchev–Trinajstić information content (AvgIpc) is 3.04.